The van der Waals surface area contributed by atoms with Crippen molar-refractivity contribution in [2.24, 2.45) is 0 Å². The molecule has 0 unspecified atom stereocenters. The second-order valence-corrected chi connectivity index (χ2v) is 7.38. The van der Waals surface area contributed by atoms with Crippen LogP contribution in [0, 0.1) is 24.0 Å². The number of anilines is 1. The number of hydrogen-bond donors (Lipinski definition) is 1. The Hall–Kier alpha value is -4.53. The molecule has 0 atom stereocenters. The van der Waals surface area contributed by atoms with E-state index in [1.807, 2.05) is 19.9 Å². The number of aryl methyl sites for hydroxylation is 2. The number of carbonyl (C=O) groups is 3. The Morgan fingerprint density at radius 2 is 1.66 bits per heavy atom. The van der Waals surface area contributed by atoms with Gasteiger partial charge < -0.3 is 4.57 Å². The van der Waals surface area contributed by atoms with E-state index in [-0.39, 0.29) is 11.3 Å². The molecule has 3 aromatic rings. The maximum atomic E-state index is 13.2. The monoisotopic (exact) mass is 430 g/mol. The van der Waals surface area contributed by atoms with Crippen molar-refractivity contribution < 1.29 is 19.3 Å². The van der Waals surface area contributed by atoms with Gasteiger partial charge in [-0.3, -0.25) is 25.0 Å². The van der Waals surface area contributed by atoms with Gasteiger partial charge in [0.05, 0.1) is 16.3 Å². The van der Waals surface area contributed by atoms with Crippen molar-refractivity contribution >= 4 is 35.3 Å². The average Bonchev–Trinajstić information content (AvgIpc) is 3.18. The van der Waals surface area contributed by atoms with Gasteiger partial charge in [-0.15, -0.1) is 0 Å². The topological polar surface area (TPSA) is 115 Å². The molecule has 1 saturated heterocycles. The molecular weight excluding hydrogens is 412 g/mol. The first-order chi connectivity index (χ1) is 15.2. The lowest BCUT2D eigenvalue weighted by Gasteiger charge is -2.27. The van der Waals surface area contributed by atoms with E-state index >= 15 is 0 Å². The minimum Gasteiger partial charge on any atom is -0.317 e. The van der Waals surface area contributed by atoms with Crippen LogP contribution in [0.25, 0.3) is 11.8 Å². The van der Waals surface area contributed by atoms with Gasteiger partial charge in [0.2, 0.25) is 0 Å². The smallest absolute Gasteiger partial charge is 0.317 e. The fourth-order valence-electron chi connectivity index (χ4n) is 3.62. The summed E-state index contributed by atoms with van der Waals surface area (Å²) in [6, 6.07) is 13.8. The Morgan fingerprint density at radius 1 is 0.938 bits per heavy atom. The predicted octanol–water partition coefficient (Wildman–Crippen LogP) is 3.67. The molecule has 1 aromatic heterocycles. The zero-order valence-corrected chi connectivity index (χ0v) is 17.2. The number of nitrogens with zero attached hydrogens (tertiary/aromatic N) is 3. The summed E-state index contributed by atoms with van der Waals surface area (Å²) in [5.74, 6) is -1.57. The number of benzene rings is 2. The summed E-state index contributed by atoms with van der Waals surface area (Å²) in [5, 5.41) is 13.3. The number of carbonyl (C=O) groups excluding carboxylic acids is 3. The van der Waals surface area contributed by atoms with Crippen LogP contribution in [0.2, 0.25) is 0 Å². The molecule has 1 aliphatic heterocycles. The third kappa shape index (κ3) is 3.79. The number of amides is 4. The largest absolute Gasteiger partial charge is 0.335 e. The fourth-order valence-corrected chi connectivity index (χ4v) is 3.62. The number of nitro groups is 1. The van der Waals surface area contributed by atoms with Gasteiger partial charge in [0.1, 0.15) is 5.57 Å². The highest BCUT2D eigenvalue weighted by Gasteiger charge is 2.37. The van der Waals surface area contributed by atoms with E-state index in [0.29, 0.717) is 17.1 Å². The standard InChI is InChI=1S/C23H18N4O5/c1-14-9-15(2)11-19(10-14)26-22(29)20(21(28)24-23(26)30)13-17-7-4-8-25(17)16-5-3-6-18(12-16)27(31)32/h3-13H,1-2H3,(H,24,28,30). The first-order valence-electron chi connectivity index (χ1n) is 9.66. The van der Waals surface area contributed by atoms with Gasteiger partial charge in [0, 0.05) is 24.0 Å². The fraction of sp³-hybridized carbons (Fsp3) is 0.0870. The van der Waals surface area contributed by atoms with E-state index in [2.05, 4.69) is 5.32 Å². The quantitative estimate of drug-likeness (QED) is 0.294. The molecule has 0 bridgehead atoms. The molecule has 4 amide bonds. The number of nitrogens with one attached hydrogen (secondary N) is 1. The molecule has 0 aliphatic carbocycles. The second kappa shape index (κ2) is 7.95. The highest BCUT2D eigenvalue weighted by Crippen LogP contribution is 2.25. The van der Waals surface area contributed by atoms with Crippen LogP contribution in [0.1, 0.15) is 16.8 Å². The van der Waals surface area contributed by atoms with Gasteiger partial charge in [-0.2, -0.15) is 0 Å². The third-order valence-electron chi connectivity index (χ3n) is 4.96. The van der Waals surface area contributed by atoms with Crippen molar-refractivity contribution in [2.45, 2.75) is 13.8 Å². The highest BCUT2D eigenvalue weighted by atomic mass is 16.6. The van der Waals surface area contributed by atoms with Crippen LogP contribution in [-0.2, 0) is 9.59 Å². The minimum atomic E-state index is -0.823. The molecule has 1 aliphatic rings. The minimum absolute atomic E-state index is 0.0899. The van der Waals surface area contributed by atoms with E-state index < -0.39 is 22.8 Å². The molecule has 4 rings (SSSR count). The molecule has 0 spiro atoms. The lowest BCUT2D eigenvalue weighted by molar-refractivity contribution is -0.384. The molecule has 9 nitrogen and oxygen atoms in total. The maximum absolute atomic E-state index is 13.2. The SMILES string of the molecule is Cc1cc(C)cc(N2C(=O)NC(=O)C(=Cc3cccn3-c3cccc([N+](=O)[O-])c3)C2=O)c1. The molecular formula is C23H18N4O5. The van der Waals surface area contributed by atoms with Crippen LogP contribution < -0.4 is 10.2 Å². The molecule has 0 saturated carbocycles. The Balaban J connectivity index is 1.76. The van der Waals surface area contributed by atoms with Crippen molar-refractivity contribution in [1.82, 2.24) is 9.88 Å². The Morgan fingerprint density at radius 3 is 2.34 bits per heavy atom. The lowest BCUT2D eigenvalue weighted by atomic mass is 10.1. The van der Waals surface area contributed by atoms with E-state index in [9.17, 15) is 24.5 Å². The van der Waals surface area contributed by atoms with Crippen LogP contribution in [-0.4, -0.2) is 27.3 Å². The van der Waals surface area contributed by atoms with Crippen molar-refractivity contribution in [1.29, 1.82) is 0 Å². The van der Waals surface area contributed by atoms with Crippen molar-refractivity contribution in [3.63, 3.8) is 0 Å². The van der Waals surface area contributed by atoms with Crippen LogP contribution in [0.3, 0.4) is 0 Å². The summed E-state index contributed by atoms with van der Waals surface area (Å²) < 4.78 is 1.61. The number of urea groups is 1. The second-order valence-electron chi connectivity index (χ2n) is 7.38. The number of imide groups is 2. The van der Waals surface area contributed by atoms with Gasteiger partial charge in [0.15, 0.2) is 0 Å². The number of barbiturate groups is 1. The summed E-state index contributed by atoms with van der Waals surface area (Å²) in [5.41, 5.74) is 2.70. The molecule has 1 fully saturated rings. The molecule has 160 valence electrons. The molecule has 32 heavy (non-hydrogen) atoms. The maximum Gasteiger partial charge on any atom is 0.335 e. The van der Waals surface area contributed by atoms with Crippen LogP contribution in [0.4, 0.5) is 16.2 Å². The number of rotatable bonds is 4. The van der Waals surface area contributed by atoms with E-state index in [0.717, 1.165) is 16.0 Å². The first-order valence-corrected chi connectivity index (χ1v) is 9.66. The van der Waals surface area contributed by atoms with Gasteiger partial charge in [-0.05, 0) is 61.4 Å². The molecule has 0 radical (unpaired) electrons. The highest BCUT2D eigenvalue weighted by molar-refractivity contribution is 6.39. The molecule has 2 heterocycles. The van der Waals surface area contributed by atoms with Crippen LogP contribution >= 0.6 is 0 Å². The Labute approximate surface area is 182 Å². The Kier molecular flexibility index (Phi) is 5.15. The van der Waals surface area contributed by atoms with Crippen molar-refractivity contribution in [2.75, 3.05) is 4.90 Å². The Bertz CT molecular complexity index is 1300. The van der Waals surface area contributed by atoms with Crippen LogP contribution in [0.15, 0.2) is 66.4 Å². The van der Waals surface area contributed by atoms with Gasteiger partial charge >= 0.3 is 6.03 Å². The number of nitro benzene ring substituents is 1. The zero-order valence-electron chi connectivity index (χ0n) is 17.2. The summed E-state index contributed by atoms with van der Waals surface area (Å²) in [7, 11) is 0. The lowest BCUT2D eigenvalue weighted by Crippen LogP contribution is -2.54. The van der Waals surface area contributed by atoms with Gasteiger partial charge in [0.25, 0.3) is 17.5 Å². The molecule has 9 heteroatoms. The zero-order chi connectivity index (χ0) is 23.0. The normalized spacial score (nSPS) is 15.2. The summed E-state index contributed by atoms with van der Waals surface area (Å²) in [4.78, 5) is 49.6. The van der Waals surface area contributed by atoms with E-state index in [4.69, 9.17) is 0 Å². The van der Waals surface area contributed by atoms with Crippen LogP contribution in [0.5, 0.6) is 0 Å². The average molecular weight is 430 g/mol. The van der Waals surface area contributed by atoms with E-state index in [1.54, 1.807) is 47.2 Å². The van der Waals surface area contributed by atoms with E-state index in [1.165, 1.54) is 18.2 Å². The summed E-state index contributed by atoms with van der Waals surface area (Å²) in [6.45, 7) is 3.69. The third-order valence-corrected chi connectivity index (χ3v) is 4.96. The number of non-ortho nitro benzene ring substituents is 1. The van der Waals surface area contributed by atoms with Crippen molar-refractivity contribution in [3.8, 4) is 5.69 Å². The predicted molar refractivity (Wildman–Crippen MR) is 117 cm³/mol. The summed E-state index contributed by atoms with van der Waals surface area (Å²) in [6.07, 6.45) is 3.02. The molecule has 2 aromatic carbocycles. The molecule has 1 N–H and O–H groups in total. The summed E-state index contributed by atoms with van der Waals surface area (Å²) >= 11 is 0. The number of hydrogen-bond acceptors (Lipinski definition) is 5. The number of aromatic nitrogens is 1. The van der Waals surface area contributed by atoms with Gasteiger partial charge in [-0.1, -0.05) is 12.1 Å². The first kappa shape index (κ1) is 20.7. The van der Waals surface area contributed by atoms with Crippen molar-refractivity contribution in [3.05, 3.63) is 93.3 Å². The van der Waals surface area contributed by atoms with Gasteiger partial charge in [-0.25, -0.2) is 9.69 Å².